The van der Waals surface area contributed by atoms with Crippen LogP contribution in [0.25, 0.3) is 0 Å². The quantitative estimate of drug-likeness (QED) is 0.748. The second-order valence-electron chi connectivity index (χ2n) is 6.57. The van der Waals surface area contributed by atoms with Crippen molar-refractivity contribution < 1.29 is 28.5 Å². The fourth-order valence-electron chi connectivity index (χ4n) is 3.56. The zero-order valence-electron chi connectivity index (χ0n) is 14.3. The van der Waals surface area contributed by atoms with E-state index in [2.05, 4.69) is 0 Å². The first kappa shape index (κ1) is 17.1. The Bertz CT molecular complexity index is 801. The van der Waals surface area contributed by atoms with Crippen LogP contribution in [0.15, 0.2) is 65.6 Å². The molecule has 0 N–H and O–H groups in total. The van der Waals surface area contributed by atoms with Gasteiger partial charge in [-0.05, 0) is 12.1 Å². The van der Waals surface area contributed by atoms with Crippen LogP contribution >= 0.6 is 11.8 Å². The third-order valence-corrected chi connectivity index (χ3v) is 5.97. The molecule has 3 saturated heterocycles. The van der Waals surface area contributed by atoms with E-state index in [0.717, 1.165) is 10.5 Å². The van der Waals surface area contributed by atoms with Gasteiger partial charge >= 0.3 is 6.16 Å². The van der Waals surface area contributed by atoms with Crippen molar-refractivity contribution in [2.75, 3.05) is 6.61 Å². The highest BCUT2D eigenvalue weighted by Crippen LogP contribution is 2.43. The molecule has 3 aliphatic heterocycles. The highest BCUT2D eigenvalue weighted by molar-refractivity contribution is 7.99. The Morgan fingerprint density at radius 3 is 2.30 bits per heavy atom. The van der Waals surface area contributed by atoms with Gasteiger partial charge in [0.1, 0.15) is 17.6 Å². The maximum atomic E-state index is 11.8. The van der Waals surface area contributed by atoms with Crippen molar-refractivity contribution in [1.82, 2.24) is 0 Å². The van der Waals surface area contributed by atoms with Crippen molar-refractivity contribution in [3.63, 3.8) is 0 Å². The summed E-state index contributed by atoms with van der Waals surface area (Å²) < 4.78 is 29.1. The van der Waals surface area contributed by atoms with Crippen LogP contribution in [0.3, 0.4) is 0 Å². The minimum absolute atomic E-state index is 0.332. The van der Waals surface area contributed by atoms with Gasteiger partial charge in [-0.25, -0.2) is 4.79 Å². The molecule has 7 heteroatoms. The summed E-state index contributed by atoms with van der Waals surface area (Å²) in [5.41, 5.74) is 0.532. The molecule has 0 unspecified atom stereocenters. The second-order valence-corrected chi connectivity index (χ2v) is 7.74. The van der Waals surface area contributed by atoms with Crippen molar-refractivity contribution in [2.24, 2.45) is 0 Å². The van der Waals surface area contributed by atoms with Crippen molar-refractivity contribution in [3.8, 4) is 0 Å². The number of carbonyl (C=O) groups excluding carboxylic acids is 1. The molecule has 6 atom stereocenters. The molecule has 5 rings (SSSR count). The van der Waals surface area contributed by atoms with E-state index in [9.17, 15) is 4.79 Å². The van der Waals surface area contributed by atoms with Gasteiger partial charge in [0.15, 0.2) is 18.5 Å². The molecule has 2 aromatic rings. The molecule has 3 fully saturated rings. The molecule has 0 amide bonds. The van der Waals surface area contributed by atoms with E-state index in [1.807, 2.05) is 60.7 Å². The summed E-state index contributed by atoms with van der Waals surface area (Å²) in [4.78, 5) is 12.9. The molecule has 0 saturated carbocycles. The van der Waals surface area contributed by atoms with E-state index in [0.29, 0.717) is 6.61 Å². The summed E-state index contributed by atoms with van der Waals surface area (Å²) in [7, 11) is 0. The summed E-state index contributed by atoms with van der Waals surface area (Å²) in [6.45, 7) is 0.358. The smallest absolute Gasteiger partial charge is 0.424 e. The molecule has 0 spiro atoms. The Labute approximate surface area is 160 Å². The predicted molar refractivity (Wildman–Crippen MR) is 96.1 cm³/mol. The summed E-state index contributed by atoms with van der Waals surface area (Å²) in [6.07, 6.45) is -3.02. The fraction of sp³-hybridized carbons (Fsp3) is 0.350. The highest BCUT2D eigenvalue weighted by atomic mass is 32.2. The van der Waals surface area contributed by atoms with Gasteiger partial charge in [-0.3, -0.25) is 0 Å². The van der Waals surface area contributed by atoms with Crippen LogP contribution < -0.4 is 0 Å². The Morgan fingerprint density at radius 2 is 1.52 bits per heavy atom. The standard InChI is InChI=1S/C20H18O6S/c21-20-25-16-15-14(11-22-18(24-15)12-7-3-1-4-8-12)23-19(17(16)26-20)27-13-9-5-2-6-10-13/h1-10,14-19H,11H2/t14-,15-,16+,17+,18-,19-/m1/s1. The molecule has 0 radical (unpaired) electrons. The lowest BCUT2D eigenvalue weighted by molar-refractivity contribution is -0.305. The van der Waals surface area contributed by atoms with Gasteiger partial charge in [0.25, 0.3) is 0 Å². The minimum atomic E-state index is -0.681. The predicted octanol–water partition coefficient (Wildman–Crippen LogP) is 3.52. The van der Waals surface area contributed by atoms with Gasteiger partial charge < -0.3 is 23.7 Å². The van der Waals surface area contributed by atoms with Crippen molar-refractivity contribution in [2.45, 2.75) is 41.0 Å². The van der Waals surface area contributed by atoms with Gasteiger partial charge in [-0.1, -0.05) is 60.3 Å². The van der Waals surface area contributed by atoms with Crippen LogP contribution in [0.2, 0.25) is 0 Å². The summed E-state index contributed by atoms with van der Waals surface area (Å²) in [5, 5.41) is 0. The lowest BCUT2D eigenvalue weighted by Crippen LogP contribution is -2.59. The van der Waals surface area contributed by atoms with Crippen LogP contribution in [0, 0.1) is 0 Å². The van der Waals surface area contributed by atoms with Crippen LogP contribution in [-0.4, -0.2) is 42.6 Å². The summed E-state index contributed by atoms with van der Waals surface area (Å²) in [5.74, 6) is 0. The van der Waals surface area contributed by atoms with Crippen molar-refractivity contribution in [1.29, 1.82) is 0 Å². The normalized spacial score (nSPS) is 34.9. The molecule has 3 aliphatic rings. The first-order valence-electron chi connectivity index (χ1n) is 8.84. The molecule has 3 heterocycles. The minimum Gasteiger partial charge on any atom is -0.424 e. The van der Waals surface area contributed by atoms with Crippen LogP contribution in [0.5, 0.6) is 0 Å². The SMILES string of the molecule is O=C1O[C@@H]2[C@H](O1)[C@@H](Sc1ccccc1)O[C@@H]1CO[C@@H](c3ccccc3)O[C@@H]21. The molecule has 6 nitrogen and oxygen atoms in total. The topological polar surface area (TPSA) is 63.2 Å². The Hall–Kier alpha value is -2.06. The molecular formula is C20H18O6S. The van der Waals surface area contributed by atoms with E-state index in [1.54, 1.807) is 0 Å². The lowest BCUT2D eigenvalue weighted by Gasteiger charge is -2.45. The molecular weight excluding hydrogens is 368 g/mol. The fourth-order valence-corrected chi connectivity index (χ4v) is 4.69. The van der Waals surface area contributed by atoms with Crippen LogP contribution in [0.4, 0.5) is 4.79 Å². The lowest BCUT2D eigenvalue weighted by atomic mass is 9.99. The highest BCUT2D eigenvalue weighted by Gasteiger charge is 2.57. The first-order chi connectivity index (χ1) is 13.3. The number of thioether (sulfide) groups is 1. The summed E-state index contributed by atoms with van der Waals surface area (Å²) in [6, 6.07) is 19.5. The molecule has 0 aromatic heterocycles. The molecule has 0 bridgehead atoms. The van der Waals surface area contributed by atoms with Gasteiger partial charge in [0.2, 0.25) is 0 Å². The van der Waals surface area contributed by atoms with Crippen LogP contribution in [0.1, 0.15) is 11.9 Å². The third-order valence-electron chi connectivity index (χ3n) is 4.82. The molecule has 27 heavy (non-hydrogen) atoms. The second kappa shape index (κ2) is 7.16. The van der Waals surface area contributed by atoms with Crippen LogP contribution in [-0.2, 0) is 23.7 Å². The monoisotopic (exact) mass is 386 g/mol. The van der Waals surface area contributed by atoms with Gasteiger partial charge in [0, 0.05) is 10.5 Å². The Balaban J connectivity index is 1.37. The maximum absolute atomic E-state index is 11.8. The first-order valence-corrected chi connectivity index (χ1v) is 9.72. The van der Waals surface area contributed by atoms with E-state index < -0.39 is 30.8 Å². The van der Waals surface area contributed by atoms with E-state index >= 15 is 0 Å². The number of fused-ring (bicyclic) bond motifs is 3. The number of benzene rings is 2. The summed E-state index contributed by atoms with van der Waals surface area (Å²) >= 11 is 1.51. The number of rotatable bonds is 3. The zero-order chi connectivity index (χ0) is 18.2. The van der Waals surface area contributed by atoms with E-state index in [4.69, 9.17) is 23.7 Å². The van der Waals surface area contributed by atoms with E-state index in [-0.39, 0.29) is 11.5 Å². The molecule has 2 aromatic carbocycles. The Morgan fingerprint density at radius 1 is 0.815 bits per heavy atom. The molecule has 0 aliphatic carbocycles. The average molecular weight is 386 g/mol. The van der Waals surface area contributed by atoms with Gasteiger partial charge in [-0.15, -0.1) is 0 Å². The number of hydrogen-bond acceptors (Lipinski definition) is 7. The average Bonchev–Trinajstić information content (AvgIpc) is 3.11. The molecule has 140 valence electrons. The van der Waals surface area contributed by atoms with Gasteiger partial charge in [-0.2, -0.15) is 0 Å². The van der Waals surface area contributed by atoms with Gasteiger partial charge in [0.05, 0.1) is 6.61 Å². The van der Waals surface area contributed by atoms with Crippen molar-refractivity contribution in [3.05, 3.63) is 66.2 Å². The van der Waals surface area contributed by atoms with Crippen molar-refractivity contribution >= 4 is 17.9 Å². The van der Waals surface area contributed by atoms with E-state index in [1.165, 1.54) is 11.8 Å². The zero-order valence-corrected chi connectivity index (χ0v) is 15.1. The maximum Gasteiger partial charge on any atom is 0.509 e. The number of hydrogen-bond donors (Lipinski definition) is 0. The third kappa shape index (κ3) is 3.32. The largest absolute Gasteiger partial charge is 0.509 e. The number of carbonyl (C=O) groups is 1. The number of ether oxygens (including phenoxy) is 5. The Kier molecular flexibility index (Phi) is 4.53.